The molecule has 0 aromatic heterocycles. The van der Waals surface area contributed by atoms with E-state index in [-0.39, 0.29) is 11.9 Å². The zero-order valence-corrected chi connectivity index (χ0v) is 10.8. The molecule has 4 heteroatoms. The van der Waals surface area contributed by atoms with Gasteiger partial charge in [-0.15, -0.1) is 0 Å². The zero-order valence-electron chi connectivity index (χ0n) is 10.8. The maximum atomic E-state index is 11.8. The van der Waals surface area contributed by atoms with Crippen LogP contribution in [0.5, 0.6) is 0 Å². The van der Waals surface area contributed by atoms with Gasteiger partial charge >= 0.3 is 0 Å². The molecule has 1 aliphatic rings. The fourth-order valence-corrected chi connectivity index (χ4v) is 1.95. The predicted molar refractivity (Wildman–Crippen MR) is 66.2 cm³/mol. The molecule has 94 valence electrons. The number of hydrogen-bond donors (Lipinski definition) is 2. The van der Waals surface area contributed by atoms with Crippen LogP contribution in [0, 0.1) is 0 Å². The molecule has 2 atom stereocenters. The molecule has 4 nitrogen and oxygen atoms in total. The zero-order chi connectivity index (χ0) is 12.2. The molecule has 0 aromatic rings. The molecule has 2 unspecified atom stereocenters. The molecule has 0 bridgehead atoms. The molecule has 1 aliphatic heterocycles. The average molecular weight is 227 g/mol. The second-order valence-electron chi connectivity index (χ2n) is 5.15. The van der Waals surface area contributed by atoms with E-state index < -0.39 is 5.54 Å². The molecule has 0 spiro atoms. The third kappa shape index (κ3) is 3.76. The smallest absolute Gasteiger partial charge is 0.240 e. The number of hydrogen-bond acceptors (Lipinski definition) is 3. The summed E-state index contributed by atoms with van der Waals surface area (Å²) in [7, 11) is 0. The van der Waals surface area contributed by atoms with Crippen LogP contribution >= 0.6 is 0 Å². The minimum atomic E-state index is -0.737. The summed E-state index contributed by atoms with van der Waals surface area (Å²) in [6, 6.07) is 0.181. The lowest BCUT2D eigenvalue weighted by Crippen LogP contribution is -2.54. The molecule has 16 heavy (non-hydrogen) atoms. The van der Waals surface area contributed by atoms with Crippen LogP contribution in [-0.2, 0) is 4.79 Å². The number of carbonyl (C=O) groups is 1. The minimum Gasteiger partial charge on any atom is -0.351 e. The van der Waals surface area contributed by atoms with Crippen molar-refractivity contribution in [3.8, 4) is 0 Å². The van der Waals surface area contributed by atoms with Gasteiger partial charge in [-0.25, -0.2) is 0 Å². The van der Waals surface area contributed by atoms with E-state index in [4.69, 9.17) is 5.73 Å². The van der Waals surface area contributed by atoms with E-state index in [0.29, 0.717) is 6.42 Å². The highest BCUT2D eigenvalue weighted by molar-refractivity contribution is 5.85. The Bertz CT molecular complexity index is 234. The van der Waals surface area contributed by atoms with Gasteiger partial charge in [0.2, 0.25) is 5.91 Å². The highest BCUT2D eigenvalue weighted by Crippen LogP contribution is 2.09. The topological polar surface area (TPSA) is 58.4 Å². The molecule has 1 amide bonds. The molecule has 1 saturated heterocycles. The quantitative estimate of drug-likeness (QED) is 0.727. The van der Waals surface area contributed by atoms with Crippen LogP contribution < -0.4 is 11.1 Å². The maximum absolute atomic E-state index is 11.8. The molecule has 1 rings (SSSR count). The van der Waals surface area contributed by atoms with Crippen molar-refractivity contribution in [1.29, 1.82) is 0 Å². The van der Waals surface area contributed by atoms with Crippen LogP contribution in [0.25, 0.3) is 0 Å². The van der Waals surface area contributed by atoms with Crippen molar-refractivity contribution < 1.29 is 4.79 Å². The van der Waals surface area contributed by atoms with Gasteiger partial charge < -0.3 is 16.0 Å². The monoisotopic (exact) mass is 227 g/mol. The molecule has 0 saturated carbocycles. The summed E-state index contributed by atoms with van der Waals surface area (Å²) in [5.41, 5.74) is 5.15. The van der Waals surface area contributed by atoms with Crippen molar-refractivity contribution >= 4 is 5.91 Å². The first-order chi connectivity index (χ1) is 7.45. The lowest BCUT2D eigenvalue weighted by Gasteiger charge is -2.26. The fourth-order valence-electron chi connectivity index (χ4n) is 1.95. The number of nitrogens with one attached hydrogen (secondary N) is 1. The summed E-state index contributed by atoms with van der Waals surface area (Å²) < 4.78 is 0. The molecule has 0 aromatic carbocycles. The Balaban J connectivity index is 2.32. The van der Waals surface area contributed by atoms with Gasteiger partial charge in [0.05, 0.1) is 5.54 Å². The summed E-state index contributed by atoms with van der Waals surface area (Å²) in [5.74, 6) is -0.0401. The van der Waals surface area contributed by atoms with E-state index in [1.165, 1.54) is 12.8 Å². The van der Waals surface area contributed by atoms with Gasteiger partial charge in [0.15, 0.2) is 0 Å². The van der Waals surface area contributed by atoms with E-state index in [2.05, 4.69) is 10.2 Å². The summed E-state index contributed by atoms with van der Waals surface area (Å²) in [6.07, 6.45) is 3.23. The van der Waals surface area contributed by atoms with E-state index in [1.54, 1.807) is 6.92 Å². The number of amides is 1. The van der Waals surface area contributed by atoms with Crippen LogP contribution in [0.4, 0.5) is 0 Å². The Labute approximate surface area is 98.6 Å². The van der Waals surface area contributed by atoms with Crippen molar-refractivity contribution in [2.24, 2.45) is 5.73 Å². The first-order valence-electron chi connectivity index (χ1n) is 6.28. The number of rotatable bonds is 5. The van der Waals surface area contributed by atoms with Gasteiger partial charge in [-0.3, -0.25) is 4.79 Å². The molecule has 1 fully saturated rings. The molecule has 1 heterocycles. The molecular formula is C12H25N3O. The van der Waals surface area contributed by atoms with Crippen LogP contribution in [0.3, 0.4) is 0 Å². The lowest BCUT2D eigenvalue weighted by atomic mass is 9.99. The van der Waals surface area contributed by atoms with Crippen molar-refractivity contribution in [2.75, 3.05) is 19.6 Å². The number of nitrogens with zero attached hydrogens (tertiary/aromatic N) is 1. The van der Waals surface area contributed by atoms with Gasteiger partial charge in [0.25, 0.3) is 0 Å². The second-order valence-corrected chi connectivity index (χ2v) is 5.15. The van der Waals surface area contributed by atoms with Gasteiger partial charge in [-0.1, -0.05) is 6.92 Å². The fraction of sp³-hybridized carbons (Fsp3) is 0.917. The Morgan fingerprint density at radius 1 is 1.50 bits per heavy atom. The van der Waals surface area contributed by atoms with Crippen molar-refractivity contribution in [3.63, 3.8) is 0 Å². The van der Waals surface area contributed by atoms with E-state index in [0.717, 1.165) is 19.6 Å². The van der Waals surface area contributed by atoms with E-state index in [9.17, 15) is 4.79 Å². The van der Waals surface area contributed by atoms with Crippen molar-refractivity contribution in [3.05, 3.63) is 0 Å². The maximum Gasteiger partial charge on any atom is 0.240 e. The Morgan fingerprint density at radius 2 is 2.06 bits per heavy atom. The predicted octanol–water partition coefficient (Wildman–Crippen LogP) is 0.714. The summed E-state index contributed by atoms with van der Waals surface area (Å²) in [4.78, 5) is 14.2. The van der Waals surface area contributed by atoms with Gasteiger partial charge in [-0.2, -0.15) is 0 Å². The van der Waals surface area contributed by atoms with Crippen LogP contribution in [0.2, 0.25) is 0 Å². The molecule has 0 aliphatic carbocycles. The average Bonchev–Trinajstić information content (AvgIpc) is 2.70. The lowest BCUT2D eigenvalue weighted by molar-refractivity contribution is -0.126. The highest BCUT2D eigenvalue weighted by atomic mass is 16.2. The normalized spacial score (nSPS) is 22.8. The van der Waals surface area contributed by atoms with E-state index in [1.807, 2.05) is 13.8 Å². The SMILES string of the molecule is CCC(C)(N)C(=O)NC(C)CN1CCCC1. The first-order valence-corrected chi connectivity index (χ1v) is 6.28. The van der Waals surface area contributed by atoms with Crippen molar-refractivity contribution in [1.82, 2.24) is 10.2 Å². The largest absolute Gasteiger partial charge is 0.351 e. The third-order valence-electron chi connectivity index (χ3n) is 3.36. The highest BCUT2D eigenvalue weighted by Gasteiger charge is 2.27. The molecular weight excluding hydrogens is 202 g/mol. The molecule has 0 radical (unpaired) electrons. The third-order valence-corrected chi connectivity index (χ3v) is 3.36. The van der Waals surface area contributed by atoms with Gasteiger partial charge in [0, 0.05) is 12.6 Å². The molecule has 3 N–H and O–H groups in total. The number of likely N-dealkylation sites (tertiary alicyclic amines) is 1. The number of carbonyl (C=O) groups excluding carboxylic acids is 1. The van der Waals surface area contributed by atoms with Crippen molar-refractivity contribution in [2.45, 2.75) is 51.6 Å². The van der Waals surface area contributed by atoms with Gasteiger partial charge in [0.1, 0.15) is 0 Å². The summed E-state index contributed by atoms with van der Waals surface area (Å²) in [5, 5.41) is 2.99. The first kappa shape index (κ1) is 13.5. The number of nitrogens with two attached hydrogens (primary N) is 1. The Hall–Kier alpha value is -0.610. The van der Waals surface area contributed by atoms with E-state index >= 15 is 0 Å². The minimum absolute atomic E-state index is 0.0401. The Morgan fingerprint density at radius 3 is 2.56 bits per heavy atom. The van der Waals surface area contributed by atoms with Crippen LogP contribution in [0.1, 0.15) is 40.0 Å². The summed E-state index contributed by atoms with van der Waals surface area (Å²) in [6.45, 7) is 9.02. The Kier molecular flexibility index (Phi) is 4.74. The van der Waals surface area contributed by atoms with Crippen LogP contribution in [0.15, 0.2) is 0 Å². The second kappa shape index (κ2) is 5.64. The van der Waals surface area contributed by atoms with Crippen LogP contribution in [-0.4, -0.2) is 42.0 Å². The standard InChI is InChI=1S/C12H25N3O/c1-4-12(3,13)11(16)14-10(2)9-15-7-5-6-8-15/h10H,4-9,13H2,1-3H3,(H,14,16). The summed E-state index contributed by atoms with van der Waals surface area (Å²) >= 11 is 0. The van der Waals surface area contributed by atoms with Gasteiger partial charge in [-0.05, 0) is 46.2 Å².